The Kier molecular flexibility index (Phi) is 6.29. The van der Waals surface area contributed by atoms with Gasteiger partial charge in [-0.1, -0.05) is 15.9 Å². The molecule has 0 aliphatic heterocycles. The Morgan fingerprint density at radius 2 is 2.10 bits per heavy atom. The average Bonchev–Trinajstić information content (AvgIpc) is 2.91. The molecule has 0 spiro atoms. The van der Waals surface area contributed by atoms with Gasteiger partial charge < -0.3 is 19.4 Å². The third-order valence-electron chi connectivity index (χ3n) is 3.30. The molecule has 114 valence electrons. The number of halogens is 1. The van der Waals surface area contributed by atoms with Crippen LogP contribution in [-0.4, -0.2) is 31.9 Å². The highest BCUT2D eigenvalue weighted by Gasteiger charge is 2.07. The molecule has 21 heavy (non-hydrogen) atoms. The second kappa shape index (κ2) is 8.22. The van der Waals surface area contributed by atoms with E-state index in [2.05, 4.69) is 50.2 Å². The van der Waals surface area contributed by atoms with Crippen LogP contribution in [0.4, 0.5) is 0 Å². The lowest BCUT2D eigenvalue weighted by Crippen LogP contribution is -2.20. The summed E-state index contributed by atoms with van der Waals surface area (Å²) in [6.45, 7) is 3.19. The highest BCUT2D eigenvalue weighted by Crippen LogP contribution is 2.24. The minimum atomic E-state index is 0.722. The van der Waals surface area contributed by atoms with Crippen LogP contribution in [0.5, 0.6) is 5.75 Å². The molecule has 1 aromatic carbocycles. The van der Waals surface area contributed by atoms with Crippen molar-refractivity contribution in [3.8, 4) is 5.75 Å². The van der Waals surface area contributed by atoms with Crippen molar-refractivity contribution in [3.05, 3.63) is 52.3 Å². The second-order valence-corrected chi connectivity index (χ2v) is 5.67. The molecule has 0 radical (unpaired) electrons. The summed E-state index contributed by atoms with van der Waals surface area (Å²) >= 11 is 3.52. The molecule has 0 bridgehead atoms. The van der Waals surface area contributed by atoms with E-state index in [0.717, 1.165) is 42.0 Å². The standard InChI is InChI=1S/C16H21BrN2O2/c1-20-9-7-18-11-15-4-3-8-19(15)12-13-10-14(17)5-6-16(13)21-2/h3-6,8,10,18H,7,9,11-12H2,1-2H3. The van der Waals surface area contributed by atoms with Crippen LogP contribution in [0.2, 0.25) is 0 Å². The number of benzene rings is 1. The van der Waals surface area contributed by atoms with Crippen molar-refractivity contribution in [2.75, 3.05) is 27.4 Å². The first-order chi connectivity index (χ1) is 10.2. The smallest absolute Gasteiger partial charge is 0.123 e. The lowest BCUT2D eigenvalue weighted by Gasteiger charge is -2.13. The molecule has 2 aromatic rings. The van der Waals surface area contributed by atoms with Gasteiger partial charge in [0.1, 0.15) is 5.75 Å². The molecule has 1 aromatic heterocycles. The van der Waals surface area contributed by atoms with Crippen molar-refractivity contribution < 1.29 is 9.47 Å². The Balaban J connectivity index is 2.06. The number of ether oxygens (including phenoxy) is 2. The maximum Gasteiger partial charge on any atom is 0.123 e. The Labute approximate surface area is 134 Å². The molecule has 0 aliphatic rings. The van der Waals surface area contributed by atoms with Gasteiger partial charge in [-0.25, -0.2) is 0 Å². The van der Waals surface area contributed by atoms with E-state index in [1.165, 1.54) is 5.69 Å². The molecule has 4 nitrogen and oxygen atoms in total. The number of rotatable bonds is 8. The fraction of sp³-hybridized carbons (Fsp3) is 0.375. The monoisotopic (exact) mass is 352 g/mol. The molecule has 0 atom stereocenters. The van der Waals surface area contributed by atoms with Gasteiger partial charge in [0.15, 0.2) is 0 Å². The van der Waals surface area contributed by atoms with Crippen molar-refractivity contribution in [1.82, 2.24) is 9.88 Å². The van der Waals surface area contributed by atoms with Gasteiger partial charge in [-0.15, -0.1) is 0 Å². The van der Waals surface area contributed by atoms with Gasteiger partial charge in [-0.3, -0.25) is 0 Å². The fourth-order valence-corrected chi connectivity index (χ4v) is 2.62. The van der Waals surface area contributed by atoms with E-state index in [4.69, 9.17) is 9.47 Å². The molecular weight excluding hydrogens is 332 g/mol. The third kappa shape index (κ3) is 4.59. The van der Waals surface area contributed by atoms with Crippen molar-refractivity contribution in [1.29, 1.82) is 0 Å². The molecule has 0 aliphatic carbocycles. The summed E-state index contributed by atoms with van der Waals surface area (Å²) in [6.07, 6.45) is 2.09. The van der Waals surface area contributed by atoms with Crippen molar-refractivity contribution >= 4 is 15.9 Å². The van der Waals surface area contributed by atoms with Crippen molar-refractivity contribution in [2.45, 2.75) is 13.1 Å². The molecule has 5 heteroatoms. The number of hydrogen-bond donors (Lipinski definition) is 1. The maximum absolute atomic E-state index is 5.44. The van der Waals surface area contributed by atoms with Gasteiger partial charge in [-0.2, -0.15) is 0 Å². The van der Waals surface area contributed by atoms with E-state index in [1.54, 1.807) is 14.2 Å². The zero-order valence-electron chi connectivity index (χ0n) is 12.4. The van der Waals surface area contributed by atoms with Gasteiger partial charge in [0.2, 0.25) is 0 Å². The summed E-state index contributed by atoms with van der Waals surface area (Å²) in [5, 5.41) is 3.37. The number of hydrogen-bond acceptors (Lipinski definition) is 3. The van der Waals surface area contributed by atoms with Crippen molar-refractivity contribution in [2.24, 2.45) is 0 Å². The van der Waals surface area contributed by atoms with Crippen LogP contribution >= 0.6 is 15.9 Å². The lowest BCUT2D eigenvalue weighted by atomic mass is 10.2. The van der Waals surface area contributed by atoms with E-state index in [0.29, 0.717) is 0 Å². The zero-order valence-corrected chi connectivity index (χ0v) is 14.0. The Morgan fingerprint density at radius 1 is 1.24 bits per heavy atom. The van der Waals surface area contributed by atoms with E-state index in [1.807, 2.05) is 12.1 Å². The van der Waals surface area contributed by atoms with Crippen LogP contribution in [0, 0.1) is 0 Å². The first kappa shape index (κ1) is 16.1. The van der Waals surface area contributed by atoms with E-state index < -0.39 is 0 Å². The number of nitrogens with one attached hydrogen (secondary N) is 1. The average molecular weight is 353 g/mol. The zero-order chi connectivity index (χ0) is 15.1. The Bertz CT molecular complexity index is 569. The second-order valence-electron chi connectivity index (χ2n) is 4.75. The Morgan fingerprint density at radius 3 is 2.86 bits per heavy atom. The van der Waals surface area contributed by atoms with Gasteiger partial charge in [0.25, 0.3) is 0 Å². The molecule has 1 N–H and O–H groups in total. The van der Waals surface area contributed by atoms with Crippen LogP contribution in [0.25, 0.3) is 0 Å². The first-order valence-electron chi connectivity index (χ1n) is 6.90. The van der Waals surface area contributed by atoms with Crippen LogP contribution < -0.4 is 10.1 Å². The highest BCUT2D eigenvalue weighted by molar-refractivity contribution is 9.10. The van der Waals surface area contributed by atoms with Gasteiger partial charge in [-0.05, 0) is 30.3 Å². The summed E-state index contributed by atoms with van der Waals surface area (Å²) < 4.78 is 13.8. The fourth-order valence-electron chi connectivity index (χ4n) is 2.21. The number of aromatic nitrogens is 1. The molecule has 0 fully saturated rings. The molecule has 0 unspecified atom stereocenters. The van der Waals surface area contributed by atoms with Gasteiger partial charge in [0, 0.05) is 42.1 Å². The van der Waals surface area contributed by atoms with E-state index in [9.17, 15) is 0 Å². The molecule has 1 heterocycles. The molecular formula is C16H21BrN2O2. The predicted molar refractivity (Wildman–Crippen MR) is 87.8 cm³/mol. The summed E-state index contributed by atoms with van der Waals surface area (Å²) in [5.41, 5.74) is 2.40. The van der Waals surface area contributed by atoms with Gasteiger partial charge in [0.05, 0.1) is 20.3 Å². The summed E-state index contributed by atoms with van der Waals surface area (Å²) in [6, 6.07) is 10.3. The topological polar surface area (TPSA) is 35.4 Å². The molecule has 0 saturated carbocycles. The molecule has 0 amide bonds. The van der Waals surface area contributed by atoms with E-state index >= 15 is 0 Å². The minimum Gasteiger partial charge on any atom is -0.496 e. The van der Waals surface area contributed by atoms with Crippen LogP contribution in [-0.2, 0) is 17.8 Å². The summed E-state index contributed by atoms with van der Waals surface area (Å²) in [4.78, 5) is 0. The largest absolute Gasteiger partial charge is 0.496 e. The number of methoxy groups -OCH3 is 2. The minimum absolute atomic E-state index is 0.722. The van der Waals surface area contributed by atoms with Gasteiger partial charge >= 0.3 is 0 Å². The van der Waals surface area contributed by atoms with E-state index in [-0.39, 0.29) is 0 Å². The predicted octanol–water partition coefficient (Wildman–Crippen LogP) is 3.04. The highest BCUT2D eigenvalue weighted by atomic mass is 79.9. The summed E-state index contributed by atoms with van der Waals surface area (Å²) in [7, 11) is 3.42. The van der Waals surface area contributed by atoms with Crippen LogP contribution in [0.1, 0.15) is 11.3 Å². The third-order valence-corrected chi connectivity index (χ3v) is 3.79. The quantitative estimate of drug-likeness (QED) is 0.741. The molecule has 0 saturated heterocycles. The number of nitrogens with zero attached hydrogens (tertiary/aromatic N) is 1. The normalized spacial score (nSPS) is 10.8. The molecule has 2 rings (SSSR count). The lowest BCUT2D eigenvalue weighted by molar-refractivity contribution is 0.199. The van der Waals surface area contributed by atoms with Crippen molar-refractivity contribution in [3.63, 3.8) is 0 Å². The van der Waals surface area contributed by atoms with Crippen LogP contribution in [0.3, 0.4) is 0 Å². The SMILES string of the molecule is COCCNCc1cccn1Cc1cc(Br)ccc1OC. The first-order valence-corrected chi connectivity index (χ1v) is 7.70. The maximum atomic E-state index is 5.44. The Hall–Kier alpha value is -1.30. The summed E-state index contributed by atoms with van der Waals surface area (Å²) in [5.74, 6) is 0.908. The van der Waals surface area contributed by atoms with Crippen LogP contribution in [0.15, 0.2) is 41.0 Å².